The Kier molecular flexibility index (Phi) is 28.3. The van der Waals surface area contributed by atoms with E-state index < -0.39 is 83.4 Å². The topological polar surface area (TPSA) is 244 Å². The molecular weight excluding hydrogens is 767 g/mol. The molecule has 7 N–H and O–H groups in total. The molecule has 0 aliphatic carbocycles. The van der Waals surface area contributed by atoms with Crippen molar-refractivity contribution in [2.75, 3.05) is 72.6 Å². The lowest BCUT2D eigenvalue weighted by Crippen LogP contribution is -2.43. The van der Waals surface area contributed by atoms with Crippen LogP contribution in [0.2, 0.25) is 0 Å². The van der Waals surface area contributed by atoms with E-state index in [-0.39, 0.29) is 45.9 Å². The number of aliphatic hydroxyl groups is 3. The number of hydrogen-bond donors (Lipinski definition) is 7. The molecule has 16 nitrogen and oxygen atoms in total. The van der Waals surface area contributed by atoms with Crippen molar-refractivity contribution in [3.05, 3.63) is 40.9 Å². The van der Waals surface area contributed by atoms with Gasteiger partial charge in [-0.15, -0.1) is 0 Å². The Bertz CT molecular complexity index is 1300. The fourth-order valence-corrected chi connectivity index (χ4v) is 4.52. The van der Waals surface area contributed by atoms with Crippen LogP contribution in [0.15, 0.2) is 11.8 Å². The Morgan fingerprint density at radius 3 is 1.77 bits per heavy atom. The predicted molar refractivity (Wildman–Crippen MR) is 187 cm³/mol. The van der Waals surface area contributed by atoms with E-state index in [1.54, 1.807) is 0 Å². The van der Waals surface area contributed by atoms with Crippen molar-refractivity contribution in [2.45, 2.75) is 64.3 Å². The van der Waals surface area contributed by atoms with Crippen molar-refractivity contribution in [3.8, 4) is 5.75 Å². The number of esters is 1. The number of ether oxygens (including phenoxy) is 6. The molecule has 1 saturated heterocycles. The highest BCUT2D eigenvalue weighted by Gasteiger charge is 2.35. The number of aliphatic hydroxyl groups excluding tert-OH is 3. The van der Waals surface area contributed by atoms with E-state index in [9.17, 15) is 41.4 Å². The van der Waals surface area contributed by atoms with Gasteiger partial charge in [0.05, 0.1) is 78.1 Å². The summed E-state index contributed by atoms with van der Waals surface area (Å²) in [5.74, 6) is -18.1. The summed E-state index contributed by atoms with van der Waals surface area (Å²) in [5.41, 5.74) is 1.18. The maximum atomic E-state index is 13.5. The highest BCUT2D eigenvalue weighted by Crippen LogP contribution is 2.29. The number of rotatable bonds is 25. The zero-order valence-electron chi connectivity index (χ0n) is 31.3. The van der Waals surface area contributed by atoms with Crippen LogP contribution in [-0.4, -0.2) is 141 Å². The first-order chi connectivity index (χ1) is 26.7. The third-order valence-corrected chi connectivity index (χ3v) is 7.82. The van der Waals surface area contributed by atoms with Crippen LogP contribution in [-0.2, 0) is 38.1 Å². The van der Waals surface area contributed by atoms with Crippen LogP contribution in [0.3, 0.4) is 0 Å². The van der Waals surface area contributed by atoms with Crippen LogP contribution in [0, 0.1) is 46.3 Å². The van der Waals surface area contributed by atoms with Crippen LogP contribution in [0.5, 0.6) is 5.75 Å². The summed E-state index contributed by atoms with van der Waals surface area (Å²) in [6, 6.07) is 0. The monoisotopic (exact) mass is 820 g/mol. The lowest BCUT2D eigenvalue weighted by molar-refractivity contribution is -0.161. The van der Waals surface area contributed by atoms with Gasteiger partial charge in [0, 0.05) is 19.6 Å². The van der Waals surface area contributed by atoms with Crippen LogP contribution < -0.4 is 10.1 Å². The molecule has 0 saturated carbocycles. The second-order valence-electron chi connectivity index (χ2n) is 11.8. The molecule has 4 unspecified atom stereocenters. The normalized spacial score (nSPS) is 17.3. The van der Waals surface area contributed by atoms with E-state index >= 15 is 0 Å². The van der Waals surface area contributed by atoms with Gasteiger partial charge in [-0.3, -0.25) is 14.4 Å². The van der Waals surface area contributed by atoms with Crippen molar-refractivity contribution in [1.82, 2.24) is 5.32 Å². The molecule has 0 bridgehead atoms. The van der Waals surface area contributed by atoms with Gasteiger partial charge in [0.1, 0.15) is 6.10 Å². The van der Waals surface area contributed by atoms with Gasteiger partial charge in [-0.05, 0) is 43.7 Å². The number of carbonyl (C=O) groups excluding carboxylic acids is 1. The standard InChI is InChI=1S/C25H36F5NO7.C9H14O7.CH3N/c1-3-17(2)18(4-7-32)16-31-6-9-35-11-13-37-15-14-36-12-10-34-8-5-19(33)38-25-23(29)21(27)20(26)22(28)24(25)30;10-6-2-4(16-3-7(6)11)1-5(8(12)13)9(14)15;1-2/h16-17,31-32H,3-15H2,1-2H3;4-7,10-11H,1-3H2,(H,12,13)(H,14,15);2H,1H2/b18-16-;;. The average molecular weight is 821 g/mol. The third kappa shape index (κ3) is 20.4. The summed E-state index contributed by atoms with van der Waals surface area (Å²) in [7, 11) is 0. The molecule has 21 heteroatoms. The highest BCUT2D eigenvalue weighted by molar-refractivity contribution is 5.92. The second kappa shape index (κ2) is 30.3. The zero-order chi connectivity index (χ0) is 42.6. The molecule has 0 aromatic heterocycles. The molecule has 1 aliphatic heterocycles. The zero-order valence-corrected chi connectivity index (χ0v) is 31.3. The van der Waals surface area contributed by atoms with Gasteiger partial charge in [-0.25, -0.2) is 13.2 Å². The van der Waals surface area contributed by atoms with E-state index in [1.165, 1.54) is 5.57 Å². The molecule has 1 aromatic carbocycles. The molecular formula is C35H53F5N2O14. The van der Waals surface area contributed by atoms with E-state index in [4.69, 9.17) is 49.5 Å². The smallest absolute Gasteiger partial charge is 0.317 e. The largest absolute Gasteiger partial charge is 0.481 e. The minimum Gasteiger partial charge on any atom is -0.481 e. The predicted octanol–water partition coefficient (Wildman–Crippen LogP) is 2.58. The van der Waals surface area contributed by atoms with E-state index in [2.05, 4.69) is 30.6 Å². The SMILES string of the molecule is C=N.CCC(C)/C(=C\NCCOCCOCCOCCOCCC(=O)Oc1c(F)c(F)c(F)c(F)c1F)CCO.O=C(O)C(CC1CC(O)C(O)CO1)C(=O)O. The number of nitrogens with one attached hydrogen (secondary N) is 2. The molecule has 0 spiro atoms. The van der Waals surface area contributed by atoms with Gasteiger partial charge in [0.25, 0.3) is 0 Å². The molecule has 1 fully saturated rings. The summed E-state index contributed by atoms with van der Waals surface area (Å²) in [6.45, 7) is 9.39. The Morgan fingerprint density at radius 2 is 1.30 bits per heavy atom. The summed E-state index contributed by atoms with van der Waals surface area (Å²) in [5, 5.41) is 53.5. The Balaban J connectivity index is 0.00000139. The molecule has 1 aromatic rings. The molecule has 0 radical (unpaired) electrons. The quantitative estimate of drug-likeness (QED) is 0.0110. The first-order valence-corrected chi connectivity index (χ1v) is 17.5. The molecule has 2 rings (SSSR count). The molecule has 4 atom stereocenters. The van der Waals surface area contributed by atoms with Crippen molar-refractivity contribution in [3.63, 3.8) is 0 Å². The number of hydrogen-bond acceptors (Lipinski definition) is 14. The van der Waals surface area contributed by atoms with Crippen molar-refractivity contribution in [1.29, 1.82) is 5.41 Å². The molecule has 0 amide bonds. The van der Waals surface area contributed by atoms with Crippen molar-refractivity contribution in [2.24, 2.45) is 11.8 Å². The lowest BCUT2D eigenvalue weighted by atomic mass is 9.94. The van der Waals surface area contributed by atoms with Gasteiger partial charge in [0.15, 0.2) is 5.92 Å². The Morgan fingerprint density at radius 1 is 0.821 bits per heavy atom. The third-order valence-electron chi connectivity index (χ3n) is 7.82. The van der Waals surface area contributed by atoms with Gasteiger partial charge < -0.3 is 64.7 Å². The average Bonchev–Trinajstić information content (AvgIpc) is 3.18. The fraction of sp³-hybridized carbons (Fsp3) is 0.657. The fourth-order valence-electron chi connectivity index (χ4n) is 4.52. The summed E-state index contributed by atoms with van der Waals surface area (Å²) in [6.07, 6.45) is 0.299. The van der Waals surface area contributed by atoms with E-state index in [1.807, 2.05) is 6.20 Å². The Labute approximate surface area is 321 Å². The maximum absolute atomic E-state index is 13.5. The Hall–Kier alpha value is -3.83. The summed E-state index contributed by atoms with van der Waals surface area (Å²) in [4.78, 5) is 32.8. The van der Waals surface area contributed by atoms with Crippen LogP contribution >= 0.6 is 0 Å². The van der Waals surface area contributed by atoms with Crippen LogP contribution in [0.1, 0.15) is 46.0 Å². The van der Waals surface area contributed by atoms with Crippen molar-refractivity contribution < 1.29 is 90.3 Å². The number of carbonyl (C=O) groups is 3. The molecule has 322 valence electrons. The molecule has 1 heterocycles. The van der Waals surface area contributed by atoms with Gasteiger partial charge in [0.2, 0.25) is 34.8 Å². The second-order valence-corrected chi connectivity index (χ2v) is 11.8. The maximum Gasteiger partial charge on any atom is 0.317 e. The number of halogens is 5. The molecule has 1 aliphatic rings. The minimum absolute atomic E-state index is 0.0399. The number of carboxylic acid groups (broad SMARTS) is 2. The minimum atomic E-state index is -2.34. The highest BCUT2D eigenvalue weighted by atomic mass is 19.2. The summed E-state index contributed by atoms with van der Waals surface area (Å²) < 4.78 is 96.7. The van der Waals surface area contributed by atoms with Crippen molar-refractivity contribution >= 4 is 24.6 Å². The van der Waals surface area contributed by atoms with E-state index in [0.29, 0.717) is 51.9 Å². The van der Waals surface area contributed by atoms with Gasteiger partial charge in [-0.2, -0.15) is 8.78 Å². The van der Waals surface area contributed by atoms with Crippen LogP contribution in [0.4, 0.5) is 22.0 Å². The number of carboxylic acids is 2. The van der Waals surface area contributed by atoms with Gasteiger partial charge >= 0.3 is 17.9 Å². The summed E-state index contributed by atoms with van der Waals surface area (Å²) >= 11 is 0. The lowest BCUT2D eigenvalue weighted by Gasteiger charge is -2.31. The van der Waals surface area contributed by atoms with Crippen LogP contribution in [0.25, 0.3) is 0 Å². The van der Waals surface area contributed by atoms with Gasteiger partial charge in [-0.1, -0.05) is 13.8 Å². The first kappa shape index (κ1) is 52.2. The molecule has 56 heavy (non-hydrogen) atoms. The van der Waals surface area contributed by atoms with E-state index in [0.717, 1.165) is 6.42 Å². The first-order valence-electron chi connectivity index (χ1n) is 17.5. The number of aliphatic carboxylic acids is 2. The number of benzene rings is 1.